The average Bonchev–Trinajstić information content (AvgIpc) is 3.27. The van der Waals surface area contributed by atoms with E-state index in [-0.39, 0.29) is 11.9 Å². The molecule has 0 bridgehead atoms. The lowest BCUT2D eigenvalue weighted by molar-refractivity contribution is 0.0526. The molecule has 0 aliphatic heterocycles. The summed E-state index contributed by atoms with van der Waals surface area (Å²) in [5.41, 5.74) is 2.11. The topological polar surface area (TPSA) is 84.1 Å². The van der Waals surface area contributed by atoms with Crippen molar-refractivity contribution in [2.24, 2.45) is 0 Å². The van der Waals surface area contributed by atoms with E-state index in [1.807, 2.05) is 17.5 Å². The average molecular weight is 341 g/mol. The standard InChI is InChI=1S/C17H15N3O3S/c1-2-23-17(22)11-5-7-12(8-6-11)18-16(21)14-10-13(19-20-14)15-4-3-9-24-15/h3-10H,2H2,1H3,(H,18,21)(H,19,20). The van der Waals surface area contributed by atoms with Crippen LogP contribution >= 0.6 is 11.3 Å². The molecule has 0 aliphatic rings. The van der Waals surface area contributed by atoms with Crippen LogP contribution < -0.4 is 5.32 Å². The van der Waals surface area contributed by atoms with Crippen LogP contribution in [0.3, 0.4) is 0 Å². The fourth-order valence-electron chi connectivity index (χ4n) is 2.10. The molecule has 0 atom stereocenters. The summed E-state index contributed by atoms with van der Waals surface area (Å²) in [4.78, 5) is 24.8. The fourth-order valence-corrected chi connectivity index (χ4v) is 2.79. The van der Waals surface area contributed by atoms with Gasteiger partial charge in [-0.05, 0) is 48.7 Å². The van der Waals surface area contributed by atoms with Gasteiger partial charge in [-0.25, -0.2) is 4.79 Å². The number of rotatable bonds is 5. The van der Waals surface area contributed by atoms with Crippen molar-refractivity contribution in [2.45, 2.75) is 6.92 Å². The molecule has 0 aliphatic carbocycles. The SMILES string of the molecule is CCOC(=O)c1ccc(NC(=O)c2cc(-c3cccs3)[nH]n2)cc1. The smallest absolute Gasteiger partial charge is 0.338 e. The number of esters is 1. The highest BCUT2D eigenvalue weighted by molar-refractivity contribution is 7.13. The Kier molecular flexibility index (Phi) is 4.72. The van der Waals surface area contributed by atoms with E-state index >= 15 is 0 Å². The minimum atomic E-state index is -0.386. The molecule has 0 spiro atoms. The van der Waals surface area contributed by atoms with E-state index in [4.69, 9.17) is 4.74 Å². The zero-order chi connectivity index (χ0) is 16.9. The number of anilines is 1. The number of carbonyl (C=O) groups is 2. The van der Waals surface area contributed by atoms with Crippen molar-refractivity contribution in [3.63, 3.8) is 0 Å². The molecule has 6 nitrogen and oxygen atoms in total. The molecular weight excluding hydrogens is 326 g/mol. The van der Waals surface area contributed by atoms with Crippen LogP contribution in [0.25, 0.3) is 10.6 Å². The van der Waals surface area contributed by atoms with Gasteiger partial charge in [-0.3, -0.25) is 9.89 Å². The first-order valence-corrected chi connectivity index (χ1v) is 8.23. The molecule has 122 valence electrons. The van der Waals surface area contributed by atoms with Crippen molar-refractivity contribution < 1.29 is 14.3 Å². The monoisotopic (exact) mass is 341 g/mol. The Balaban J connectivity index is 1.67. The van der Waals surface area contributed by atoms with Gasteiger partial charge in [0.05, 0.1) is 22.7 Å². The van der Waals surface area contributed by atoms with Crippen molar-refractivity contribution in [3.05, 3.63) is 59.1 Å². The summed E-state index contributed by atoms with van der Waals surface area (Å²) in [6.07, 6.45) is 0. The number of amides is 1. The molecular formula is C17H15N3O3S. The number of carbonyl (C=O) groups excluding carboxylic acids is 2. The van der Waals surface area contributed by atoms with E-state index in [9.17, 15) is 9.59 Å². The maximum atomic E-state index is 12.2. The highest BCUT2D eigenvalue weighted by atomic mass is 32.1. The Morgan fingerprint density at radius 1 is 1.25 bits per heavy atom. The normalized spacial score (nSPS) is 10.4. The van der Waals surface area contributed by atoms with Crippen LogP contribution in [-0.4, -0.2) is 28.7 Å². The largest absolute Gasteiger partial charge is 0.462 e. The second kappa shape index (κ2) is 7.10. The Labute approximate surface area is 142 Å². The quantitative estimate of drug-likeness (QED) is 0.695. The summed E-state index contributed by atoms with van der Waals surface area (Å²) < 4.78 is 4.92. The molecule has 1 amide bonds. The molecule has 24 heavy (non-hydrogen) atoms. The maximum absolute atomic E-state index is 12.2. The Morgan fingerprint density at radius 3 is 2.71 bits per heavy atom. The van der Waals surface area contributed by atoms with Gasteiger partial charge in [0.15, 0.2) is 5.69 Å². The third-order valence-electron chi connectivity index (χ3n) is 3.25. The van der Waals surface area contributed by atoms with E-state index in [0.717, 1.165) is 10.6 Å². The molecule has 1 aromatic carbocycles. The molecule has 7 heteroatoms. The van der Waals surface area contributed by atoms with E-state index in [0.29, 0.717) is 23.6 Å². The second-order valence-corrected chi connectivity index (χ2v) is 5.84. The van der Waals surface area contributed by atoms with Crippen LogP contribution in [0.15, 0.2) is 47.8 Å². The van der Waals surface area contributed by atoms with Gasteiger partial charge in [0.25, 0.3) is 5.91 Å². The third-order valence-corrected chi connectivity index (χ3v) is 4.15. The highest BCUT2D eigenvalue weighted by Gasteiger charge is 2.13. The van der Waals surface area contributed by atoms with Crippen LogP contribution in [-0.2, 0) is 4.74 Å². The number of H-pyrrole nitrogens is 1. The Hall–Kier alpha value is -2.93. The van der Waals surface area contributed by atoms with Crippen molar-refractivity contribution in [2.75, 3.05) is 11.9 Å². The first-order chi connectivity index (χ1) is 11.7. The van der Waals surface area contributed by atoms with Crippen LogP contribution in [0.4, 0.5) is 5.69 Å². The van der Waals surface area contributed by atoms with Crippen LogP contribution in [0.2, 0.25) is 0 Å². The highest BCUT2D eigenvalue weighted by Crippen LogP contribution is 2.23. The van der Waals surface area contributed by atoms with Gasteiger partial charge < -0.3 is 10.1 Å². The van der Waals surface area contributed by atoms with E-state index in [1.54, 1.807) is 48.6 Å². The van der Waals surface area contributed by atoms with Gasteiger partial charge >= 0.3 is 5.97 Å². The fraction of sp³-hybridized carbons (Fsp3) is 0.118. The zero-order valence-corrected chi connectivity index (χ0v) is 13.7. The number of hydrogen-bond acceptors (Lipinski definition) is 5. The van der Waals surface area contributed by atoms with E-state index < -0.39 is 0 Å². The van der Waals surface area contributed by atoms with Crippen LogP contribution in [0, 0.1) is 0 Å². The van der Waals surface area contributed by atoms with Gasteiger partial charge in [-0.2, -0.15) is 5.10 Å². The van der Waals surface area contributed by atoms with Crippen molar-refractivity contribution in [1.82, 2.24) is 10.2 Å². The molecule has 2 aromatic heterocycles. The summed E-state index contributed by atoms with van der Waals surface area (Å²) in [7, 11) is 0. The first-order valence-electron chi connectivity index (χ1n) is 7.35. The van der Waals surface area contributed by atoms with Crippen molar-refractivity contribution in [3.8, 4) is 10.6 Å². The lowest BCUT2D eigenvalue weighted by atomic mass is 10.2. The number of aromatic amines is 1. The summed E-state index contributed by atoms with van der Waals surface area (Å²) in [6.45, 7) is 2.07. The molecule has 0 radical (unpaired) electrons. The van der Waals surface area contributed by atoms with Gasteiger partial charge in [-0.1, -0.05) is 6.07 Å². The first kappa shape index (κ1) is 15.9. The van der Waals surface area contributed by atoms with Crippen LogP contribution in [0.5, 0.6) is 0 Å². The maximum Gasteiger partial charge on any atom is 0.338 e. The number of aromatic nitrogens is 2. The molecule has 0 unspecified atom stereocenters. The van der Waals surface area contributed by atoms with Gasteiger partial charge in [0.2, 0.25) is 0 Å². The molecule has 0 fully saturated rings. The van der Waals surface area contributed by atoms with Crippen molar-refractivity contribution >= 4 is 28.9 Å². The second-order valence-electron chi connectivity index (χ2n) is 4.90. The number of hydrogen-bond donors (Lipinski definition) is 2. The lowest BCUT2D eigenvalue weighted by Gasteiger charge is -2.05. The molecule has 2 N–H and O–H groups in total. The van der Waals surface area contributed by atoms with E-state index in [2.05, 4.69) is 15.5 Å². The number of ether oxygens (including phenoxy) is 1. The molecule has 0 saturated carbocycles. The molecule has 3 aromatic rings. The van der Waals surface area contributed by atoms with Gasteiger partial charge in [-0.15, -0.1) is 11.3 Å². The van der Waals surface area contributed by atoms with Gasteiger partial charge in [0.1, 0.15) is 0 Å². The summed E-state index contributed by atoms with van der Waals surface area (Å²) >= 11 is 1.57. The number of nitrogens with zero attached hydrogens (tertiary/aromatic N) is 1. The number of nitrogens with one attached hydrogen (secondary N) is 2. The minimum Gasteiger partial charge on any atom is -0.462 e. The number of benzene rings is 1. The number of thiophene rings is 1. The summed E-state index contributed by atoms with van der Waals surface area (Å²) in [6, 6.07) is 12.1. The van der Waals surface area contributed by atoms with Crippen molar-refractivity contribution in [1.29, 1.82) is 0 Å². The molecule has 0 saturated heterocycles. The van der Waals surface area contributed by atoms with E-state index in [1.165, 1.54) is 0 Å². The Bertz CT molecular complexity index is 838. The van der Waals surface area contributed by atoms with Gasteiger partial charge in [0, 0.05) is 5.69 Å². The lowest BCUT2D eigenvalue weighted by Crippen LogP contribution is -2.12. The zero-order valence-electron chi connectivity index (χ0n) is 12.9. The predicted molar refractivity (Wildman–Crippen MR) is 92.3 cm³/mol. The Morgan fingerprint density at radius 2 is 2.04 bits per heavy atom. The minimum absolute atomic E-state index is 0.299. The third kappa shape index (κ3) is 3.52. The van der Waals surface area contributed by atoms with Crippen LogP contribution in [0.1, 0.15) is 27.8 Å². The predicted octanol–water partition coefficient (Wildman–Crippen LogP) is 3.57. The molecule has 2 heterocycles. The molecule has 3 rings (SSSR count). The summed E-state index contributed by atoms with van der Waals surface area (Å²) in [5, 5.41) is 11.6. The summed E-state index contributed by atoms with van der Waals surface area (Å²) in [5.74, 6) is -0.707.